The molecule has 0 saturated carbocycles. The third-order valence-corrected chi connectivity index (χ3v) is 6.02. The van der Waals surface area contributed by atoms with Gasteiger partial charge in [0.25, 0.3) is 5.56 Å². The molecule has 2 atom stereocenters. The number of hydrogen-bond acceptors (Lipinski definition) is 5. The molecule has 1 fully saturated rings. The Morgan fingerprint density at radius 2 is 2.07 bits per heavy atom. The van der Waals surface area contributed by atoms with E-state index in [1.807, 2.05) is 24.4 Å². The quantitative estimate of drug-likeness (QED) is 0.729. The minimum atomic E-state index is -0.0583. The van der Waals surface area contributed by atoms with E-state index in [9.17, 15) is 4.79 Å². The van der Waals surface area contributed by atoms with Crippen LogP contribution in [0.1, 0.15) is 31.7 Å². The largest absolute Gasteiger partial charge is 0.493 e. The van der Waals surface area contributed by atoms with Crippen LogP contribution in [0.25, 0.3) is 16.9 Å². The molecule has 5 rings (SSSR count). The van der Waals surface area contributed by atoms with E-state index in [-0.39, 0.29) is 5.56 Å². The molecular weight excluding hydrogens is 364 g/mol. The molecule has 0 aliphatic carbocycles. The van der Waals surface area contributed by atoms with Crippen LogP contribution >= 0.6 is 0 Å². The van der Waals surface area contributed by atoms with Gasteiger partial charge >= 0.3 is 0 Å². The molecule has 3 aromatic rings. The summed E-state index contributed by atoms with van der Waals surface area (Å²) in [5.74, 6) is 1.39. The van der Waals surface area contributed by atoms with Crippen molar-refractivity contribution in [3.8, 4) is 17.0 Å². The van der Waals surface area contributed by atoms with Crippen LogP contribution in [-0.4, -0.2) is 41.7 Å². The predicted molar refractivity (Wildman–Crippen MR) is 115 cm³/mol. The molecule has 29 heavy (non-hydrogen) atoms. The first-order valence-electron chi connectivity index (χ1n) is 10.4. The van der Waals surface area contributed by atoms with Crippen molar-refractivity contribution in [1.82, 2.24) is 14.7 Å². The summed E-state index contributed by atoms with van der Waals surface area (Å²) in [4.78, 5) is 20.0. The van der Waals surface area contributed by atoms with E-state index in [1.54, 1.807) is 10.5 Å². The van der Waals surface area contributed by atoms with E-state index in [2.05, 4.69) is 36.2 Å². The minimum Gasteiger partial charge on any atom is -0.493 e. The first-order valence-corrected chi connectivity index (χ1v) is 10.4. The Morgan fingerprint density at radius 3 is 2.93 bits per heavy atom. The molecule has 0 radical (unpaired) electrons. The van der Waals surface area contributed by atoms with Crippen LogP contribution in [0.5, 0.6) is 5.75 Å². The molecule has 0 bridgehead atoms. The van der Waals surface area contributed by atoms with E-state index >= 15 is 0 Å². The van der Waals surface area contributed by atoms with Crippen LogP contribution in [0.15, 0.2) is 47.4 Å². The van der Waals surface area contributed by atoms with Gasteiger partial charge in [-0.1, -0.05) is 6.92 Å². The summed E-state index contributed by atoms with van der Waals surface area (Å²) in [6.45, 7) is 7.97. The van der Waals surface area contributed by atoms with Crippen molar-refractivity contribution < 1.29 is 4.74 Å². The fourth-order valence-corrected chi connectivity index (χ4v) is 4.32. The van der Waals surface area contributed by atoms with Gasteiger partial charge in [0.05, 0.1) is 18.0 Å². The standard InChI is InChI=1S/C23H26N4O2/c1-15-7-10-29-21-5-3-17(11-19(15)21)20-12-23(28)27-14-18(4-6-22(27)25-20)26-9-8-24-16(2)13-26/h3-6,11-12,14-16,24H,7-10,13H2,1-2H3. The molecule has 150 valence electrons. The zero-order valence-electron chi connectivity index (χ0n) is 16.9. The average molecular weight is 390 g/mol. The molecule has 0 spiro atoms. The molecule has 6 nitrogen and oxygen atoms in total. The van der Waals surface area contributed by atoms with Crippen LogP contribution in [-0.2, 0) is 0 Å². The average Bonchev–Trinajstić information content (AvgIpc) is 2.73. The minimum absolute atomic E-state index is 0.0583. The van der Waals surface area contributed by atoms with Crippen molar-refractivity contribution in [2.45, 2.75) is 32.2 Å². The van der Waals surface area contributed by atoms with Gasteiger partial charge in [-0.25, -0.2) is 4.98 Å². The Kier molecular flexibility index (Phi) is 4.51. The summed E-state index contributed by atoms with van der Waals surface area (Å²) in [5.41, 5.74) is 4.53. The molecule has 6 heteroatoms. The number of ether oxygens (including phenoxy) is 1. The first-order chi connectivity index (χ1) is 14.1. The number of hydrogen-bond donors (Lipinski definition) is 1. The van der Waals surface area contributed by atoms with Gasteiger partial charge in [-0.05, 0) is 55.2 Å². The Bertz CT molecular complexity index is 1120. The van der Waals surface area contributed by atoms with Gasteiger partial charge in [-0.3, -0.25) is 9.20 Å². The second kappa shape index (κ2) is 7.19. The number of nitrogens with zero attached hydrogens (tertiary/aromatic N) is 3. The van der Waals surface area contributed by atoms with Gasteiger partial charge in [0.2, 0.25) is 0 Å². The Hall–Kier alpha value is -2.86. The maximum absolute atomic E-state index is 12.9. The number of piperazine rings is 1. The lowest BCUT2D eigenvalue weighted by Gasteiger charge is -2.33. The SMILES string of the molecule is CC1CN(c2ccc3nc(-c4ccc5c(c4)C(C)CCO5)cc(=O)n3c2)CCN1. The first kappa shape index (κ1) is 18.2. The normalized spacial score (nSPS) is 21.7. The van der Waals surface area contributed by atoms with E-state index < -0.39 is 0 Å². The summed E-state index contributed by atoms with van der Waals surface area (Å²) in [7, 11) is 0. The summed E-state index contributed by atoms with van der Waals surface area (Å²) < 4.78 is 7.41. The van der Waals surface area contributed by atoms with Gasteiger partial charge < -0.3 is 15.0 Å². The van der Waals surface area contributed by atoms with Gasteiger partial charge in [0.15, 0.2) is 0 Å². The van der Waals surface area contributed by atoms with Gasteiger partial charge in [-0.2, -0.15) is 0 Å². The molecule has 2 aliphatic rings. The topological polar surface area (TPSA) is 58.9 Å². The summed E-state index contributed by atoms with van der Waals surface area (Å²) in [5, 5.41) is 3.45. The highest BCUT2D eigenvalue weighted by atomic mass is 16.5. The molecule has 2 unspecified atom stereocenters. The van der Waals surface area contributed by atoms with Crippen molar-refractivity contribution in [3.63, 3.8) is 0 Å². The van der Waals surface area contributed by atoms with Gasteiger partial charge in [0, 0.05) is 43.5 Å². The zero-order valence-corrected chi connectivity index (χ0v) is 16.9. The highest BCUT2D eigenvalue weighted by Gasteiger charge is 2.19. The Balaban J connectivity index is 1.53. The number of fused-ring (bicyclic) bond motifs is 2. The van der Waals surface area contributed by atoms with Gasteiger partial charge in [0.1, 0.15) is 11.4 Å². The Labute approximate surface area is 170 Å². The molecule has 2 aliphatic heterocycles. The molecule has 0 amide bonds. The second-order valence-corrected chi connectivity index (χ2v) is 8.19. The summed E-state index contributed by atoms with van der Waals surface area (Å²) in [6.07, 6.45) is 2.92. The lowest BCUT2D eigenvalue weighted by molar-refractivity contribution is 0.272. The van der Waals surface area contributed by atoms with Crippen molar-refractivity contribution in [2.75, 3.05) is 31.1 Å². The van der Waals surface area contributed by atoms with E-state index in [0.717, 1.165) is 49.7 Å². The number of pyridine rings is 1. The highest BCUT2D eigenvalue weighted by molar-refractivity contribution is 5.65. The number of aromatic nitrogens is 2. The fourth-order valence-electron chi connectivity index (χ4n) is 4.32. The van der Waals surface area contributed by atoms with Crippen molar-refractivity contribution in [3.05, 3.63) is 58.5 Å². The number of benzene rings is 1. The Morgan fingerprint density at radius 1 is 1.17 bits per heavy atom. The third kappa shape index (κ3) is 3.38. The van der Waals surface area contributed by atoms with Crippen LogP contribution in [0, 0.1) is 0 Å². The maximum Gasteiger partial charge on any atom is 0.258 e. The van der Waals surface area contributed by atoms with Crippen molar-refractivity contribution >= 4 is 11.3 Å². The lowest BCUT2D eigenvalue weighted by atomic mass is 9.93. The van der Waals surface area contributed by atoms with Crippen LogP contribution < -0.4 is 20.5 Å². The van der Waals surface area contributed by atoms with E-state index in [4.69, 9.17) is 9.72 Å². The number of rotatable bonds is 2. The molecule has 4 heterocycles. The molecule has 2 aromatic heterocycles. The highest BCUT2D eigenvalue weighted by Crippen LogP contribution is 2.35. The second-order valence-electron chi connectivity index (χ2n) is 8.19. The van der Waals surface area contributed by atoms with E-state index in [1.165, 1.54) is 5.56 Å². The summed E-state index contributed by atoms with van der Waals surface area (Å²) >= 11 is 0. The van der Waals surface area contributed by atoms with Crippen molar-refractivity contribution in [1.29, 1.82) is 0 Å². The molecule has 1 aromatic carbocycles. The number of nitrogens with one attached hydrogen (secondary N) is 1. The maximum atomic E-state index is 12.9. The van der Waals surface area contributed by atoms with Gasteiger partial charge in [-0.15, -0.1) is 0 Å². The lowest BCUT2D eigenvalue weighted by Crippen LogP contribution is -2.49. The van der Waals surface area contributed by atoms with Crippen LogP contribution in [0.4, 0.5) is 5.69 Å². The number of anilines is 1. The molecule has 1 saturated heterocycles. The van der Waals surface area contributed by atoms with Crippen LogP contribution in [0.2, 0.25) is 0 Å². The smallest absolute Gasteiger partial charge is 0.258 e. The van der Waals surface area contributed by atoms with Crippen molar-refractivity contribution in [2.24, 2.45) is 0 Å². The monoisotopic (exact) mass is 390 g/mol. The zero-order chi connectivity index (χ0) is 20.0. The summed E-state index contributed by atoms with van der Waals surface area (Å²) in [6, 6.07) is 12.2. The van der Waals surface area contributed by atoms with E-state index in [0.29, 0.717) is 23.3 Å². The van der Waals surface area contributed by atoms with Crippen LogP contribution in [0.3, 0.4) is 0 Å². The molecule has 1 N–H and O–H groups in total. The predicted octanol–water partition coefficient (Wildman–Crippen LogP) is 3.05. The fraction of sp³-hybridized carbons (Fsp3) is 0.391. The third-order valence-electron chi connectivity index (χ3n) is 6.02. The molecular formula is C23H26N4O2.